The van der Waals surface area contributed by atoms with Crippen LogP contribution < -0.4 is 0 Å². The number of carbonyl (C=O) groups is 1. The summed E-state index contributed by atoms with van der Waals surface area (Å²) in [6.07, 6.45) is 8.21. The van der Waals surface area contributed by atoms with Gasteiger partial charge in [-0.05, 0) is 36.0 Å². The van der Waals surface area contributed by atoms with Gasteiger partial charge in [0.2, 0.25) is 0 Å². The summed E-state index contributed by atoms with van der Waals surface area (Å²) in [5, 5.41) is 14.1. The number of benzene rings is 1. The zero-order valence-corrected chi connectivity index (χ0v) is 18.7. The highest BCUT2D eigenvalue weighted by Crippen LogP contribution is 2.34. The fourth-order valence-electron chi connectivity index (χ4n) is 4.96. The molecule has 1 amide bonds. The second-order valence-corrected chi connectivity index (χ2v) is 9.25. The van der Waals surface area contributed by atoms with Crippen LogP contribution in [0.15, 0.2) is 43.1 Å². The molecular weight excluding hydrogens is 419 g/mol. The number of aliphatic hydroxyl groups excluding tert-OH is 1. The first-order valence-corrected chi connectivity index (χ1v) is 11.7. The van der Waals surface area contributed by atoms with Crippen LogP contribution in [0.2, 0.25) is 0 Å². The first-order chi connectivity index (χ1) is 16.1. The molecule has 172 valence electrons. The van der Waals surface area contributed by atoms with Gasteiger partial charge in [-0.25, -0.2) is 9.50 Å². The van der Waals surface area contributed by atoms with E-state index in [1.165, 1.54) is 37.7 Å². The molecule has 6 nitrogen and oxygen atoms in total. The van der Waals surface area contributed by atoms with Crippen molar-refractivity contribution in [1.29, 1.82) is 0 Å². The molecular formula is C26H29FN4O2. The molecule has 1 aromatic carbocycles. The number of fused-ring (bicyclic) bond motifs is 1. The second-order valence-electron chi connectivity index (χ2n) is 9.25. The molecule has 2 fully saturated rings. The SMILES string of the molecule is C=C(CO)c1nn2ccc(-c3ccc(C4CCCCC4)cc3)nc2c1C(=O)N1CC(CF)C1. The predicted molar refractivity (Wildman–Crippen MR) is 126 cm³/mol. The molecule has 3 heterocycles. The van der Waals surface area contributed by atoms with Crippen molar-refractivity contribution in [3.63, 3.8) is 0 Å². The first kappa shape index (κ1) is 21.8. The Balaban J connectivity index is 1.50. The van der Waals surface area contributed by atoms with Gasteiger partial charge in [-0.15, -0.1) is 0 Å². The summed E-state index contributed by atoms with van der Waals surface area (Å²) in [5.41, 5.74) is 4.52. The van der Waals surface area contributed by atoms with Crippen molar-refractivity contribution in [3.8, 4) is 11.3 Å². The average Bonchev–Trinajstić information content (AvgIpc) is 3.22. The number of alkyl halides is 1. The highest BCUT2D eigenvalue weighted by atomic mass is 19.1. The van der Waals surface area contributed by atoms with E-state index in [9.17, 15) is 14.3 Å². The lowest BCUT2D eigenvalue weighted by atomic mass is 9.84. The highest BCUT2D eigenvalue weighted by molar-refractivity contribution is 6.04. The molecule has 1 aliphatic heterocycles. The summed E-state index contributed by atoms with van der Waals surface area (Å²) in [6, 6.07) is 10.4. The van der Waals surface area contributed by atoms with Crippen molar-refractivity contribution >= 4 is 17.1 Å². The fraction of sp³-hybridized carbons (Fsp3) is 0.423. The minimum atomic E-state index is -0.437. The molecule has 7 heteroatoms. The van der Waals surface area contributed by atoms with Gasteiger partial charge in [0.1, 0.15) is 11.3 Å². The van der Waals surface area contributed by atoms with E-state index in [0.29, 0.717) is 41.5 Å². The van der Waals surface area contributed by atoms with Crippen LogP contribution in [0.5, 0.6) is 0 Å². The third kappa shape index (κ3) is 4.06. The quantitative estimate of drug-likeness (QED) is 0.603. The Morgan fingerprint density at radius 2 is 1.85 bits per heavy atom. The van der Waals surface area contributed by atoms with Crippen LogP contribution in [0.25, 0.3) is 22.5 Å². The third-order valence-corrected chi connectivity index (χ3v) is 6.97. The van der Waals surface area contributed by atoms with Gasteiger partial charge in [0.05, 0.1) is 19.0 Å². The minimum absolute atomic E-state index is 0.119. The molecule has 1 saturated heterocycles. The van der Waals surface area contributed by atoms with Crippen LogP contribution in [0.1, 0.15) is 59.6 Å². The first-order valence-electron chi connectivity index (χ1n) is 11.7. The maximum Gasteiger partial charge on any atom is 0.260 e. The van der Waals surface area contributed by atoms with E-state index in [-0.39, 0.29) is 18.4 Å². The number of hydrogen-bond acceptors (Lipinski definition) is 4. The molecule has 1 N–H and O–H groups in total. The minimum Gasteiger partial charge on any atom is -0.392 e. The van der Waals surface area contributed by atoms with Crippen LogP contribution in [0, 0.1) is 5.92 Å². The Morgan fingerprint density at radius 1 is 1.12 bits per heavy atom. The number of amides is 1. The maximum atomic E-state index is 13.3. The standard InChI is InChI=1S/C26H29FN4O2/c1-17(16-32)24-23(26(33)30-14-18(13-27)15-30)25-28-22(11-12-31(25)29-24)21-9-7-20(8-10-21)19-5-3-2-4-6-19/h7-12,18-19,32H,1-6,13-16H2. The molecule has 0 unspecified atom stereocenters. The van der Waals surface area contributed by atoms with Crippen LogP contribution in [0.4, 0.5) is 4.39 Å². The number of hydrogen-bond donors (Lipinski definition) is 1. The van der Waals surface area contributed by atoms with Crippen LogP contribution in [-0.2, 0) is 0 Å². The van der Waals surface area contributed by atoms with Crippen LogP contribution in [0.3, 0.4) is 0 Å². The van der Waals surface area contributed by atoms with E-state index in [1.54, 1.807) is 15.6 Å². The zero-order chi connectivity index (χ0) is 22.9. The van der Waals surface area contributed by atoms with E-state index >= 15 is 0 Å². The Labute approximate surface area is 192 Å². The monoisotopic (exact) mass is 448 g/mol. The van der Waals surface area contributed by atoms with Gasteiger partial charge in [0.25, 0.3) is 5.91 Å². The smallest absolute Gasteiger partial charge is 0.260 e. The highest BCUT2D eigenvalue weighted by Gasteiger charge is 2.35. The largest absolute Gasteiger partial charge is 0.392 e. The molecule has 1 saturated carbocycles. The lowest BCUT2D eigenvalue weighted by Gasteiger charge is -2.37. The molecule has 2 aliphatic rings. The van der Waals surface area contributed by atoms with Crippen molar-refractivity contribution in [2.75, 3.05) is 26.4 Å². The van der Waals surface area contributed by atoms with Gasteiger partial charge >= 0.3 is 0 Å². The molecule has 5 rings (SSSR count). The number of halogens is 1. The molecule has 3 aromatic rings. The van der Waals surface area contributed by atoms with Gasteiger partial charge in [0, 0.05) is 30.8 Å². The predicted octanol–water partition coefficient (Wildman–Crippen LogP) is 4.49. The van der Waals surface area contributed by atoms with E-state index in [2.05, 4.69) is 35.9 Å². The van der Waals surface area contributed by atoms with Gasteiger partial charge in [-0.3, -0.25) is 9.18 Å². The van der Waals surface area contributed by atoms with Crippen molar-refractivity contribution in [2.24, 2.45) is 5.92 Å². The summed E-state index contributed by atoms with van der Waals surface area (Å²) >= 11 is 0. The summed E-state index contributed by atoms with van der Waals surface area (Å²) < 4.78 is 14.5. The van der Waals surface area contributed by atoms with Gasteiger partial charge in [0.15, 0.2) is 5.65 Å². The zero-order valence-electron chi connectivity index (χ0n) is 18.7. The number of likely N-dealkylation sites (tertiary alicyclic amines) is 1. The topological polar surface area (TPSA) is 70.7 Å². The number of aliphatic hydroxyl groups is 1. The lowest BCUT2D eigenvalue weighted by molar-refractivity contribution is 0.0454. The van der Waals surface area contributed by atoms with Gasteiger partial charge < -0.3 is 10.0 Å². The molecule has 0 spiro atoms. The molecule has 0 atom stereocenters. The van der Waals surface area contributed by atoms with Crippen molar-refractivity contribution in [3.05, 3.63) is 59.9 Å². The molecule has 0 bridgehead atoms. The molecule has 1 aliphatic carbocycles. The van der Waals surface area contributed by atoms with Crippen LogP contribution in [-0.4, -0.2) is 56.9 Å². The number of carbonyl (C=O) groups excluding carboxylic acids is 1. The summed E-state index contributed by atoms with van der Waals surface area (Å²) in [4.78, 5) is 19.6. The normalized spacial score (nSPS) is 17.3. The van der Waals surface area contributed by atoms with E-state index in [1.807, 2.05) is 6.07 Å². The van der Waals surface area contributed by atoms with Crippen LogP contribution >= 0.6 is 0 Å². The lowest BCUT2D eigenvalue weighted by Crippen LogP contribution is -2.51. The van der Waals surface area contributed by atoms with Crippen molar-refractivity contribution in [1.82, 2.24) is 19.5 Å². The molecule has 0 radical (unpaired) electrons. The van der Waals surface area contributed by atoms with E-state index < -0.39 is 6.67 Å². The Bertz CT molecular complexity index is 1170. The van der Waals surface area contributed by atoms with Crippen molar-refractivity contribution < 1.29 is 14.3 Å². The van der Waals surface area contributed by atoms with E-state index in [0.717, 1.165) is 11.3 Å². The summed E-state index contributed by atoms with van der Waals surface area (Å²) in [5.74, 6) is 0.266. The van der Waals surface area contributed by atoms with Gasteiger partial charge in [-0.2, -0.15) is 5.10 Å². The number of nitrogens with zero attached hydrogens (tertiary/aromatic N) is 4. The molecule has 33 heavy (non-hydrogen) atoms. The Kier molecular flexibility index (Phi) is 5.98. The third-order valence-electron chi connectivity index (χ3n) is 6.97. The number of aromatic nitrogens is 3. The Morgan fingerprint density at radius 3 is 2.52 bits per heavy atom. The average molecular weight is 449 g/mol. The number of rotatable bonds is 6. The van der Waals surface area contributed by atoms with Gasteiger partial charge in [-0.1, -0.05) is 50.1 Å². The second kappa shape index (κ2) is 9.06. The van der Waals surface area contributed by atoms with Crippen molar-refractivity contribution in [2.45, 2.75) is 38.0 Å². The fourth-order valence-corrected chi connectivity index (χ4v) is 4.96. The summed E-state index contributed by atoms with van der Waals surface area (Å²) in [7, 11) is 0. The maximum absolute atomic E-state index is 13.3. The summed E-state index contributed by atoms with van der Waals surface area (Å²) in [6.45, 7) is 3.87. The molecule has 2 aromatic heterocycles. The van der Waals surface area contributed by atoms with E-state index in [4.69, 9.17) is 4.98 Å². The Hall–Kier alpha value is -3.06.